The number of ether oxygens (including phenoxy) is 1. The molecule has 8 aliphatic carbocycles. The van der Waals surface area contributed by atoms with E-state index in [1.807, 2.05) is 6.26 Å². The first kappa shape index (κ1) is 59.4. The van der Waals surface area contributed by atoms with Crippen LogP contribution < -0.4 is 0 Å². The Hall–Kier alpha value is -0.810. The first-order chi connectivity index (χ1) is 34.0. The van der Waals surface area contributed by atoms with Crippen LogP contribution in [-0.2, 0) is 8.92 Å². The van der Waals surface area contributed by atoms with E-state index in [9.17, 15) is 5.11 Å². The summed E-state index contributed by atoms with van der Waals surface area (Å²) in [6, 6.07) is 0. The van der Waals surface area contributed by atoms with Crippen molar-refractivity contribution in [2.45, 2.75) is 235 Å². The van der Waals surface area contributed by atoms with Gasteiger partial charge in [0.25, 0.3) is 0 Å². The number of fused-ring (bicyclic) bond motifs is 10. The van der Waals surface area contributed by atoms with Crippen LogP contribution in [0, 0.1) is 111 Å². The van der Waals surface area contributed by atoms with Crippen molar-refractivity contribution in [3.8, 4) is 12.3 Å². The first-order valence-corrected chi connectivity index (χ1v) is 31.6. The van der Waals surface area contributed by atoms with Crippen molar-refractivity contribution in [1.29, 1.82) is 0 Å². The van der Waals surface area contributed by atoms with Gasteiger partial charge in [-0.3, -0.25) is 4.90 Å². The predicted molar refractivity (Wildman–Crippen MR) is 304 cm³/mol. The standard InChI is InChI=1S/C53H88O2.C11H21NOS.CH4O/c1-10-37(34(2)3)16-14-35(4)43-21-23-46-42-20-18-39-33-40(26-30-51(39,7)48(42)28-32-52(43,46)8)55-49(54)25-15-36(5)44-22-24-45-41-19-17-38-13-11-12-29-50(38,6)47(41)27-31-53(44,45)9;1-4-9-12(2)10-7-5-6-8-11-13-14-3;1-2/h14,16,18,34-38,40-49,54H,10-13,15,17,19-33H2,1-9H3;1H,5-11H2,2-3H3;2H,1H3/b16-14+;;/t35?,36-,37?,38?,40?,41?,42?,43?,44?,45?,46?,47?,48?,49?,50?,51?,52?,53?;;/m0../s1. The second-order valence-corrected chi connectivity index (χ2v) is 27.6. The van der Waals surface area contributed by atoms with Gasteiger partial charge in [-0.05, 0) is 259 Å². The van der Waals surface area contributed by atoms with Crippen LogP contribution in [-0.4, -0.2) is 67.6 Å². The van der Waals surface area contributed by atoms with Crippen LogP contribution in [0.15, 0.2) is 23.8 Å². The lowest BCUT2D eigenvalue weighted by Crippen LogP contribution is -2.53. The quantitative estimate of drug-likeness (QED) is 0.0417. The maximum atomic E-state index is 11.4. The molecule has 408 valence electrons. The van der Waals surface area contributed by atoms with E-state index in [0.717, 1.165) is 118 Å². The summed E-state index contributed by atoms with van der Waals surface area (Å²) in [6.07, 6.45) is 48.1. The molecular formula is C65H113NO4S. The Kier molecular flexibility index (Phi) is 22.6. The van der Waals surface area contributed by atoms with E-state index in [-0.39, 0.29) is 6.10 Å². The van der Waals surface area contributed by atoms with Crippen LogP contribution in [0.2, 0.25) is 0 Å². The second kappa shape index (κ2) is 27.0. The Bertz CT molecular complexity index is 1710. The third-order valence-corrected chi connectivity index (χ3v) is 23.7. The summed E-state index contributed by atoms with van der Waals surface area (Å²) in [6.45, 7) is 25.8. The van der Waals surface area contributed by atoms with Crippen molar-refractivity contribution in [3.05, 3.63) is 23.8 Å². The number of allylic oxidation sites excluding steroid dienone is 3. The molecule has 18 atom stereocenters. The Labute approximate surface area is 444 Å². The number of aliphatic hydroxyl groups excluding tert-OH is 2. The molecule has 0 aromatic heterocycles. The average molecular weight is 1000 g/mol. The van der Waals surface area contributed by atoms with Crippen LogP contribution in [0.5, 0.6) is 0 Å². The smallest absolute Gasteiger partial charge is 0.154 e. The van der Waals surface area contributed by atoms with Gasteiger partial charge in [0.1, 0.15) is 0 Å². The molecule has 0 spiro atoms. The molecule has 7 saturated carbocycles. The SMILES string of the molecule is C#CCN(C)CCCCCCOSC.CCC(/C=C/C(C)C1CCC2C3CC=C4CC(OC(O)CC[C@H](C)C5CCC6C7CCC8CCCCC8(C)C7CCC65C)CCC4(C)C3CCC12C)C(C)C.CO. The molecule has 0 radical (unpaired) electrons. The zero-order valence-electron chi connectivity index (χ0n) is 48.3. The number of hydrogen-bond donors (Lipinski definition) is 2. The van der Waals surface area contributed by atoms with Gasteiger partial charge in [-0.1, -0.05) is 118 Å². The van der Waals surface area contributed by atoms with Gasteiger partial charge in [-0.2, -0.15) is 0 Å². The lowest BCUT2D eigenvalue weighted by Gasteiger charge is -2.61. The molecule has 7 fully saturated rings. The fourth-order valence-corrected chi connectivity index (χ4v) is 19.6. The van der Waals surface area contributed by atoms with E-state index in [4.69, 9.17) is 20.4 Å². The maximum absolute atomic E-state index is 11.4. The summed E-state index contributed by atoms with van der Waals surface area (Å²) in [4.78, 5) is 2.18. The van der Waals surface area contributed by atoms with Gasteiger partial charge in [0, 0.05) is 13.4 Å². The highest BCUT2D eigenvalue weighted by Gasteiger charge is 2.61. The van der Waals surface area contributed by atoms with Crippen molar-refractivity contribution in [2.24, 2.45) is 98.6 Å². The van der Waals surface area contributed by atoms with E-state index < -0.39 is 6.29 Å². The Morgan fingerprint density at radius 2 is 1.44 bits per heavy atom. The highest BCUT2D eigenvalue weighted by molar-refractivity contribution is 7.93. The minimum atomic E-state index is -0.606. The lowest BCUT2D eigenvalue weighted by atomic mass is 9.44. The maximum Gasteiger partial charge on any atom is 0.154 e. The Morgan fingerprint density at radius 1 is 0.761 bits per heavy atom. The van der Waals surface area contributed by atoms with Crippen molar-refractivity contribution < 1.29 is 19.1 Å². The second-order valence-electron chi connectivity index (χ2n) is 27.0. The molecule has 8 aliphatic rings. The highest BCUT2D eigenvalue weighted by Crippen LogP contribution is 2.70. The number of rotatable bonds is 20. The molecule has 0 heterocycles. The predicted octanol–water partition coefficient (Wildman–Crippen LogP) is 16.6. The zero-order valence-corrected chi connectivity index (χ0v) is 49.2. The number of terminal acetylenes is 1. The minimum Gasteiger partial charge on any atom is -0.400 e. The van der Waals surface area contributed by atoms with Crippen LogP contribution >= 0.6 is 12.0 Å². The number of unbranched alkanes of at least 4 members (excludes halogenated alkanes) is 3. The molecule has 17 unspecified atom stereocenters. The Morgan fingerprint density at radius 3 is 2.14 bits per heavy atom. The summed E-state index contributed by atoms with van der Waals surface area (Å²) in [5, 5.41) is 18.4. The third kappa shape index (κ3) is 13.3. The van der Waals surface area contributed by atoms with E-state index in [1.54, 1.807) is 5.57 Å². The minimum absolute atomic E-state index is 0.191. The van der Waals surface area contributed by atoms with Gasteiger partial charge < -0.3 is 19.1 Å². The van der Waals surface area contributed by atoms with E-state index in [0.29, 0.717) is 33.5 Å². The topological polar surface area (TPSA) is 62.2 Å². The van der Waals surface area contributed by atoms with Crippen LogP contribution in [0.25, 0.3) is 0 Å². The van der Waals surface area contributed by atoms with Crippen LogP contribution in [0.1, 0.15) is 223 Å². The molecule has 0 bridgehead atoms. The van der Waals surface area contributed by atoms with Gasteiger partial charge >= 0.3 is 0 Å². The van der Waals surface area contributed by atoms with E-state index in [1.165, 1.54) is 147 Å². The number of nitrogens with zero attached hydrogens (tertiary/aromatic N) is 1. The molecule has 0 aromatic carbocycles. The molecule has 0 amide bonds. The van der Waals surface area contributed by atoms with Crippen molar-refractivity contribution in [2.75, 3.05) is 40.1 Å². The number of aliphatic hydroxyl groups is 2. The molecule has 6 heteroatoms. The van der Waals surface area contributed by atoms with Crippen LogP contribution in [0.3, 0.4) is 0 Å². The third-order valence-electron chi connectivity index (χ3n) is 23.3. The summed E-state index contributed by atoms with van der Waals surface area (Å²) < 4.78 is 11.8. The fourth-order valence-electron chi connectivity index (χ4n) is 19.3. The van der Waals surface area contributed by atoms with Crippen LogP contribution in [0.4, 0.5) is 0 Å². The summed E-state index contributed by atoms with van der Waals surface area (Å²) >= 11 is 1.45. The zero-order chi connectivity index (χ0) is 51.6. The van der Waals surface area contributed by atoms with E-state index in [2.05, 4.69) is 98.4 Å². The molecule has 0 saturated heterocycles. The van der Waals surface area contributed by atoms with Crippen molar-refractivity contribution >= 4 is 12.0 Å². The molecule has 5 nitrogen and oxygen atoms in total. The van der Waals surface area contributed by atoms with Gasteiger partial charge in [0.05, 0.1) is 19.3 Å². The van der Waals surface area contributed by atoms with Crippen molar-refractivity contribution in [3.63, 3.8) is 0 Å². The van der Waals surface area contributed by atoms with Gasteiger partial charge in [0.15, 0.2) is 6.29 Å². The monoisotopic (exact) mass is 1000 g/mol. The Balaban J connectivity index is 0.000000447. The lowest BCUT2D eigenvalue weighted by molar-refractivity contribution is -0.155. The summed E-state index contributed by atoms with van der Waals surface area (Å²) in [5.41, 5.74) is 3.67. The first-order valence-electron chi connectivity index (χ1n) is 30.5. The summed E-state index contributed by atoms with van der Waals surface area (Å²) in [7, 11) is 3.07. The highest BCUT2D eigenvalue weighted by atomic mass is 32.2. The molecule has 71 heavy (non-hydrogen) atoms. The van der Waals surface area contributed by atoms with Gasteiger partial charge in [-0.25, -0.2) is 0 Å². The van der Waals surface area contributed by atoms with Gasteiger partial charge in [0.2, 0.25) is 0 Å². The molecule has 2 N–H and O–H groups in total. The average Bonchev–Trinajstić information content (AvgIpc) is 3.91. The molecule has 8 rings (SSSR count). The van der Waals surface area contributed by atoms with E-state index >= 15 is 0 Å². The largest absolute Gasteiger partial charge is 0.400 e. The molecule has 0 aromatic rings. The molecule has 0 aliphatic heterocycles. The summed E-state index contributed by atoms with van der Waals surface area (Å²) in [5.74, 6) is 13.6. The normalized spacial score (nSPS) is 40.0. The fraction of sp³-hybridized carbons (Fsp3) is 0.908. The number of hydrogen-bond acceptors (Lipinski definition) is 6. The molecular weight excluding hydrogens is 891 g/mol. The van der Waals surface area contributed by atoms with Gasteiger partial charge in [-0.15, -0.1) is 6.42 Å². The van der Waals surface area contributed by atoms with Crippen molar-refractivity contribution in [1.82, 2.24) is 4.90 Å².